The van der Waals surface area contributed by atoms with E-state index < -0.39 is 0 Å². The van der Waals surface area contributed by atoms with Gasteiger partial charge in [-0.3, -0.25) is 4.98 Å². The Bertz CT molecular complexity index is 315. The van der Waals surface area contributed by atoms with Crippen molar-refractivity contribution in [1.82, 2.24) is 10.3 Å². The van der Waals surface area contributed by atoms with E-state index in [0.717, 1.165) is 5.69 Å². The Morgan fingerprint density at radius 2 is 2.54 bits per heavy atom. The Kier molecular flexibility index (Phi) is 3.74. The lowest BCUT2D eigenvalue weighted by atomic mass is 10.4. The first kappa shape index (κ1) is 9.49. The van der Waals surface area contributed by atoms with Gasteiger partial charge < -0.3 is 10.6 Å². The maximum atomic E-state index is 5.06. The van der Waals surface area contributed by atoms with Gasteiger partial charge in [-0.25, -0.2) is 0 Å². The average Bonchev–Trinajstić information content (AvgIpc) is 2.16. The van der Waals surface area contributed by atoms with Crippen LogP contribution in [0.5, 0.6) is 0 Å². The van der Waals surface area contributed by atoms with E-state index in [1.807, 2.05) is 12.1 Å². The van der Waals surface area contributed by atoms with Crippen LogP contribution in [-0.2, 0) is 0 Å². The Morgan fingerprint density at radius 1 is 1.69 bits per heavy atom. The van der Waals surface area contributed by atoms with Crippen LogP contribution in [0.25, 0.3) is 0 Å². The molecule has 3 nitrogen and oxygen atoms in total. The van der Waals surface area contributed by atoms with Crippen molar-refractivity contribution in [3.05, 3.63) is 24.5 Å². The molecule has 0 atom stereocenters. The summed E-state index contributed by atoms with van der Waals surface area (Å²) in [6, 6.07) is 3.70. The van der Waals surface area contributed by atoms with Gasteiger partial charge in [0.05, 0.1) is 18.4 Å². The highest BCUT2D eigenvalue weighted by atomic mass is 32.1. The maximum Gasteiger partial charge on any atom is 0.171 e. The summed E-state index contributed by atoms with van der Waals surface area (Å²) < 4.78 is 0. The molecule has 0 radical (unpaired) electrons. The maximum absolute atomic E-state index is 5.06. The summed E-state index contributed by atoms with van der Waals surface area (Å²) >= 11 is 4.96. The predicted molar refractivity (Wildman–Crippen MR) is 57.3 cm³/mol. The van der Waals surface area contributed by atoms with Crippen LogP contribution in [0, 0.1) is 12.3 Å². The molecule has 1 heterocycles. The summed E-state index contributed by atoms with van der Waals surface area (Å²) in [6.45, 7) is 0.423. The number of terminal acetylenes is 1. The van der Waals surface area contributed by atoms with E-state index in [1.54, 1.807) is 12.4 Å². The molecular weight excluding hydrogens is 182 g/mol. The van der Waals surface area contributed by atoms with Crippen LogP contribution in [0.4, 0.5) is 5.69 Å². The fourth-order valence-electron chi connectivity index (χ4n) is 0.743. The predicted octanol–water partition coefficient (Wildman–Crippen LogP) is 1.00. The number of nitrogens with one attached hydrogen (secondary N) is 2. The van der Waals surface area contributed by atoms with E-state index >= 15 is 0 Å². The van der Waals surface area contributed by atoms with Gasteiger partial charge in [0.2, 0.25) is 0 Å². The molecule has 1 aromatic heterocycles. The molecular formula is C9H9N3S. The minimum absolute atomic E-state index is 0.423. The van der Waals surface area contributed by atoms with Crippen LogP contribution in [0.3, 0.4) is 0 Å². The summed E-state index contributed by atoms with van der Waals surface area (Å²) in [6.07, 6.45) is 8.44. The summed E-state index contributed by atoms with van der Waals surface area (Å²) in [5, 5.41) is 6.28. The van der Waals surface area contributed by atoms with Gasteiger partial charge in [-0.05, 0) is 24.4 Å². The number of hydrogen-bond donors (Lipinski definition) is 2. The highest BCUT2D eigenvalue weighted by molar-refractivity contribution is 7.80. The van der Waals surface area contributed by atoms with E-state index in [4.69, 9.17) is 18.6 Å². The highest BCUT2D eigenvalue weighted by Gasteiger charge is 1.93. The molecule has 0 bridgehead atoms. The molecule has 0 saturated heterocycles. The van der Waals surface area contributed by atoms with Crippen molar-refractivity contribution in [1.29, 1.82) is 0 Å². The van der Waals surface area contributed by atoms with E-state index in [-0.39, 0.29) is 0 Å². The van der Waals surface area contributed by atoms with Crippen LogP contribution < -0.4 is 10.6 Å². The number of hydrogen-bond acceptors (Lipinski definition) is 2. The molecule has 0 aromatic carbocycles. The minimum atomic E-state index is 0.423. The molecule has 2 N–H and O–H groups in total. The second-order valence-electron chi connectivity index (χ2n) is 2.25. The van der Waals surface area contributed by atoms with Crippen molar-refractivity contribution in [2.45, 2.75) is 0 Å². The van der Waals surface area contributed by atoms with Gasteiger partial charge in [-0.1, -0.05) is 5.92 Å². The molecule has 0 aliphatic carbocycles. The molecule has 1 rings (SSSR count). The zero-order valence-electron chi connectivity index (χ0n) is 6.95. The number of anilines is 1. The molecule has 0 saturated carbocycles. The number of nitrogens with zero attached hydrogens (tertiary/aromatic N) is 1. The zero-order chi connectivity index (χ0) is 9.52. The van der Waals surface area contributed by atoms with Crippen LogP contribution in [0.1, 0.15) is 0 Å². The molecule has 1 aromatic rings. The van der Waals surface area contributed by atoms with E-state index in [9.17, 15) is 0 Å². The Labute approximate surface area is 82.6 Å². The number of thiocarbonyl (C=S) groups is 1. The molecule has 0 spiro atoms. The quantitative estimate of drug-likeness (QED) is 0.540. The van der Waals surface area contributed by atoms with Crippen LogP contribution in [0.2, 0.25) is 0 Å². The summed E-state index contributed by atoms with van der Waals surface area (Å²) in [7, 11) is 0. The first-order valence-electron chi connectivity index (χ1n) is 3.71. The van der Waals surface area contributed by atoms with Crippen LogP contribution >= 0.6 is 12.2 Å². The van der Waals surface area contributed by atoms with Crippen LogP contribution in [0.15, 0.2) is 24.5 Å². The van der Waals surface area contributed by atoms with E-state index in [2.05, 4.69) is 21.5 Å². The standard InChI is InChI=1S/C9H9N3S/c1-2-5-11-9(13)12-8-4-3-6-10-7-8/h1,3-4,6-7H,5H2,(H2,11,12,13). The zero-order valence-corrected chi connectivity index (χ0v) is 7.77. The average molecular weight is 191 g/mol. The SMILES string of the molecule is C#CCNC(=S)Nc1cccnc1. The summed E-state index contributed by atoms with van der Waals surface area (Å²) in [5.74, 6) is 2.43. The summed E-state index contributed by atoms with van der Waals surface area (Å²) in [4.78, 5) is 3.93. The minimum Gasteiger partial charge on any atom is -0.352 e. The number of rotatable bonds is 2. The monoisotopic (exact) mass is 191 g/mol. The van der Waals surface area contributed by atoms with Crippen molar-refractivity contribution in [2.24, 2.45) is 0 Å². The largest absolute Gasteiger partial charge is 0.352 e. The lowest BCUT2D eigenvalue weighted by Gasteiger charge is -2.06. The summed E-state index contributed by atoms with van der Waals surface area (Å²) in [5.41, 5.74) is 0.844. The smallest absolute Gasteiger partial charge is 0.171 e. The molecule has 4 heteroatoms. The lowest BCUT2D eigenvalue weighted by Crippen LogP contribution is -2.28. The third-order valence-electron chi connectivity index (χ3n) is 1.27. The fraction of sp³-hybridized carbons (Fsp3) is 0.111. The molecule has 0 aliphatic heterocycles. The van der Waals surface area contributed by atoms with E-state index in [0.29, 0.717) is 11.7 Å². The molecule has 0 amide bonds. The van der Waals surface area contributed by atoms with Gasteiger partial charge in [0, 0.05) is 6.20 Å². The van der Waals surface area contributed by atoms with Gasteiger partial charge in [0.1, 0.15) is 0 Å². The molecule has 66 valence electrons. The Hall–Kier alpha value is -1.60. The Balaban J connectivity index is 2.42. The first-order chi connectivity index (χ1) is 6.33. The van der Waals surface area contributed by atoms with Crippen molar-refractivity contribution >= 4 is 23.0 Å². The lowest BCUT2D eigenvalue weighted by molar-refractivity contribution is 1.08. The van der Waals surface area contributed by atoms with Crippen LogP contribution in [-0.4, -0.2) is 16.6 Å². The number of aromatic nitrogens is 1. The molecule has 13 heavy (non-hydrogen) atoms. The first-order valence-corrected chi connectivity index (χ1v) is 4.12. The van der Waals surface area contributed by atoms with E-state index in [1.165, 1.54) is 0 Å². The van der Waals surface area contributed by atoms with Crippen molar-refractivity contribution in [3.63, 3.8) is 0 Å². The van der Waals surface area contributed by atoms with Crippen molar-refractivity contribution in [2.75, 3.05) is 11.9 Å². The normalized spacial score (nSPS) is 8.54. The highest BCUT2D eigenvalue weighted by Crippen LogP contribution is 2.01. The van der Waals surface area contributed by atoms with Gasteiger partial charge in [-0.15, -0.1) is 6.42 Å². The number of pyridine rings is 1. The topological polar surface area (TPSA) is 37.0 Å². The van der Waals surface area contributed by atoms with Gasteiger partial charge >= 0.3 is 0 Å². The third kappa shape index (κ3) is 3.54. The second kappa shape index (κ2) is 5.12. The van der Waals surface area contributed by atoms with Gasteiger partial charge in [0.15, 0.2) is 5.11 Å². The van der Waals surface area contributed by atoms with Gasteiger partial charge in [0.25, 0.3) is 0 Å². The van der Waals surface area contributed by atoms with Crippen molar-refractivity contribution in [3.8, 4) is 12.3 Å². The Morgan fingerprint density at radius 3 is 3.15 bits per heavy atom. The molecule has 0 unspecified atom stereocenters. The molecule has 0 aliphatic rings. The fourth-order valence-corrected chi connectivity index (χ4v) is 0.933. The second-order valence-corrected chi connectivity index (χ2v) is 2.66. The molecule has 0 fully saturated rings. The third-order valence-corrected chi connectivity index (χ3v) is 1.52. The van der Waals surface area contributed by atoms with Gasteiger partial charge in [-0.2, -0.15) is 0 Å². The van der Waals surface area contributed by atoms with Crippen molar-refractivity contribution < 1.29 is 0 Å².